The van der Waals surface area contributed by atoms with Crippen LogP contribution in [0.1, 0.15) is 24.0 Å². The molecule has 0 atom stereocenters. The average molecular weight is 320 g/mol. The minimum Gasteiger partial charge on any atom is -0.392 e. The fraction of sp³-hybridized carbons (Fsp3) is 0.455. The first-order valence-corrected chi connectivity index (χ1v) is 7.64. The second-order valence-corrected chi connectivity index (χ2v) is 6.79. The third kappa shape index (κ3) is 2.88. The summed E-state index contributed by atoms with van der Waals surface area (Å²) in [6.07, 6.45) is 1.80. The van der Waals surface area contributed by atoms with Gasteiger partial charge in [0.2, 0.25) is 10.0 Å². The zero-order chi connectivity index (χ0) is 12.6. The van der Waals surface area contributed by atoms with Crippen molar-refractivity contribution in [3.05, 3.63) is 27.7 Å². The molecule has 0 bridgehead atoms. The number of aliphatic hydroxyl groups is 1. The van der Waals surface area contributed by atoms with Crippen LogP contribution in [0.25, 0.3) is 0 Å². The smallest absolute Gasteiger partial charge is 0.241 e. The molecule has 94 valence electrons. The molecule has 0 aromatic heterocycles. The standard InChI is InChI=1S/C11H14BrNO3S/c1-7-10(12)4-8(6-14)5-11(7)17(15,16)13-9-2-3-9/h4-5,9,13-14H,2-3,6H2,1H3. The number of sulfonamides is 1. The monoisotopic (exact) mass is 319 g/mol. The fourth-order valence-electron chi connectivity index (χ4n) is 1.56. The highest BCUT2D eigenvalue weighted by Gasteiger charge is 2.29. The Bertz CT molecular complexity index is 538. The molecule has 2 rings (SSSR count). The first kappa shape index (κ1) is 13.0. The molecule has 2 N–H and O–H groups in total. The first-order chi connectivity index (χ1) is 7.94. The molecule has 1 aromatic rings. The van der Waals surface area contributed by atoms with Crippen molar-refractivity contribution in [1.29, 1.82) is 0 Å². The lowest BCUT2D eigenvalue weighted by atomic mass is 10.2. The highest BCUT2D eigenvalue weighted by Crippen LogP contribution is 2.28. The molecule has 0 saturated heterocycles. The van der Waals surface area contributed by atoms with E-state index in [2.05, 4.69) is 20.7 Å². The Kier molecular flexibility index (Phi) is 3.58. The topological polar surface area (TPSA) is 66.4 Å². The second kappa shape index (κ2) is 4.68. The molecule has 1 aliphatic carbocycles. The fourth-order valence-corrected chi connectivity index (χ4v) is 3.82. The summed E-state index contributed by atoms with van der Waals surface area (Å²) in [6, 6.07) is 3.33. The van der Waals surface area contributed by atoms with Crippen molar-refractivity contribution in [3.8, 4) is 0 Å². The van der Waals surface area contributed by atoms with Crippen molar-refractivity contribution in [3.63, 3.8) is 0 Å². The largest absolute Gasteiger partial charge is 0.392 e. The molecule has 17 heavy (non-hydrogen) atoms. The van der Waals surface area contributed by atoms with Crippen molar-refractivity contribution >= 4 is 26.0 Å². The third-order valence-electron chi connectivity index (χ3n) is 2.73. The second-order valence-electron chi connectivity index (χ2n) is 4.25. The van der Waals surface area contributed by atoms with Crippen molar-refractivity contribution < 1.29 is 13.5 Å². The number of aliphatic hydroxyl groups excluding tert-OH is 1. The van der Waals surface area contributed by atoms with Crippen LogP contribution in [-0.2, 0) is 16.6 Å². The minimum absolute atomic E-state index is 0.0796. The lowest BCUT2D eigenvalue weighted by Crippen LogP contribution is -2.26. The van der Waals surface area contributed by atoms with Gasteiger partial charge in [0.05, 0.1) is 11.5 Å². The molecule has 0 unspecified atom stereocenters. The summed E-state index contributed by atoms with van der Waals surface area (Å²) in [4.78, 5) is 0.239. The summed E-state index contributed by atoms with van der Waals surface area (Å²) in [5, 5.41) is 9.10. The number of halogens is 1. The number of nitrogens with one attached hydrogen (secondary N) is 1. The van der Waals surface area contributed by atoms with Gasteiger partial charge in [-0.2, -0.15) is 0 Å². The average Bonchev–Trinajstić information content (AvgIpc) is 3.04. The van der Waals surface area contributed by atoms with E-state index in [0.717, 1.165) is 12.8 Å². The lowest BCUT2D eigenvalue weighted by molar-refractivity contribution is 0.281. The van der Waals surface area contributed by atoms with Crippen molar-refractivity contribution in [2.24, 2.45) is 0 Å². The Morgan fingerprint density at radius 2 is 2.12 bits per heavy atom. The predicted molar refractivity (Wildman–Crippen MR) is 68.1 cm³/mol. The van der Waals surface area contributed by atoms with Gasteiger partial charge in [0, 0.05) is 10.5 Å². The van der Waals surface area contributed by atoms with E-state index in [0.29, 0.717) is 15.6 Å². The van der Waals surface area contributed by atoms with Gasteiger partial charge >= 0.3 is 0 Å². The summed E-state index contributed by atoms with van der Waals surface area (Å²) in [6.45, 7) is 1.57. The van der Waals surface area contributed by atoms with Crippen LogP contribution in [0.4, 0.5) is 0 Å². The SMILES string of the molecule is Cc1c(Br)cc(CO)cc1S(=O)(=O)NC1CC1. The predicted octanol–water partition coefficient (Wildman–Crippen LogP) is 1.69. The van der Waals surface area contributed by atoms with Crippen LogP contribution in [0.3, 0.4) is 0 Å². The van der Waals surface area contributed by atoms with Crippen LogP contribution in [0, 0.1) is 6.92 Å². The third-order valence-corrected chi connectivity index (χ3v) is 5.20. The maximum Gasteiger partial charge on any atom is 0.241 e. The normalized spacial score (nSPS) is 16.2. The molecule has 0 aliphatic heterocycles. The van der Waals surface area contributed by atoms with E-state index in [1.807, 2.05) is 0 Å². The Morgan fingerprint density at radius 3 is 2.65 bits per heavy atom. The number of benzene rings is 1. The zero-order valence-electron chi connectivity index (χ0n) is 9.40. The Labute approximate surface area is 109 Å². The maximum absolute atomic E-state index is 12.1. The lowest BCUT2D eigenvalue weighted by Gasteiger charge is -2.11. The summed E-state index contributed by atoms with van der Waals surface area (Å²) < 4.78 is 27.6. The summed E-state index contributed by atoms with van der Waals surface area (Å²) in [7, 11) is -3.47. The minimum atomic E-state index is -3.47. The van der Waals surface area contributed by atoms with E-state index in [4.69, 9.17) is 5.11 Å². The van der Waals surface area contributed by atoms with Crippen LogP contribution < -0.4 is 4.72 Å². The van der Waals surface area contributed by atoms with Crippen molar-refractivity contribution in [2.45, 2.75) is 37.3 Å². The molecule has 0 spiro atoms. The number of hydrogen-bond acceptors (Lipinski definition) is 3. The van der Waals surface area contributed by atoms with Gasteiger partial charge in [-0.25, -0.2) is 13.1 Å². The molecule has 1 aromatic carbocycles. The first-order valence-electron chi connectivity index (χ1n) is 5.36. The van der Waals surface area contributed by atoms with Crippen molar-refractivity contribution in [1.82, 2.24) is 4.72 Å². The molecule has 0 radical (unpaired) electrons. The van der Waals surface area contributed by atoms with Gasteiger partial charge in [-0.3, -0.25) is 0 Å². The highest BCUT2D eigenvalue weighted by molar-refractivity contribution is 9.10. The zero-order valence-corrected chi connectivity index (χ0v) is 11.8. The molecule has 1 aliphatic rings. The van der Waals surface area contributed by atoms with Crippen LogP contribution >= 0.6 is 15.9 Å². The van der Waals surface area contributed by atoms with Gasteiger partial charge < -0.3 is 5.11 Å². The van der Waals surface area contributed by atoms with Crippen LogP contribution in [0.2, 0.25) is 0 Å². The molecule has 0 heterocycles. The summed E-state index contributed by atoms with van der Waals surface area (Å²) >= 11 is 3.31. The van der Waals surface area contributed by atoms with Crippen LogP contribution in [0.15, 0.2) is 21.5 Å². The van der Waals surface area contributed by atoms with Gasteiger partial charge in [-0.05, 0) is 43.0 Å². The van der Waals surface area contributed by atoms with Crippen molar-refractivity contribution in [2.75, 3.05) is 0 Å². The Hall–Kier alpha value is -0.430. The molecule has 1 saturated carbocycles. The van der Waals surface area contributed by atoms with Gasteiger partial charge in [0.15, 0.2) is 0 Å². The van der Waals surface area contributed by atoms with Crippen LogP contribution in [-0.4, -0.2) is 19.6 Å². The maximum atomic E-state index is 12.1. The molecular formula is C11H14BrNO3S. The van der Waals surface area contributed by atoms with E-state index in [1.54, 1.807) is 13.0 Å². The highest BCUT2D eigenvalue weighted by atomic mass is 79.9. The van der Waals surface area contributed by atoms with Gasteiger partial charge in [-0.15, -0.1) is 0 Å². The summed E-state index contributed by atoms with van der Waals surface area (Å²) in [5.41, 5.74) is 1.24. The van der Waals surface area contributed by atoms with Gasteiger partial charge in [0.25, 0.3) is 0 Å². The van der Waals surface area contributed by atoms with Gasteiger partial charge in [-0.1, -0.05) is 15.9 Å². The van der Waals surface area contributed by atoms with Gasteiger partial charge in [0.1, 0.15) is 0 Å². The Balaban J connectivity index is 2.45. The molecule has 6 heteroatoms. The molecule has 1 fully saturated rings. The molecule has 0 amide bonds. The van der Waals surface area contributed by atoms with E-state index in [-0.39, 0.29) is 17.5 Å². The van der Waals surface area contributed by atoms with E-state index < -0.39 is 10.0 Å². The molecular weight excluding hydrogens is 306 g/mol. The van der Waals surface area contributed by atoms with E-state index in [9.17, 15) is 8.42 Å². The van der Waals surface area contributed by atoms with Crippen LogP contribution in [0.5, 0.6) is 0 Å². The Morgan fingerprint density at radius 1 is 1.47 bits per heavy atom. The van der Waals surface area contributed by atoms with E-state index >= 15 is 0 Å². The summed E-state index contributed by atoms with van der Waals surface area (Å²) in [5.74, 6) is 0. The quantitative estimate of drug-likeness (QED) is 0.887. The molecule has 4 nitrogen and oxygen atoms in total. The van der Waals surface area contributed by atoms with E-state index in [1.165, 1.54) is 6.07 Å². The number of rotatable bonds is 4. The number of hydrogen-bond donors (Lipinski definition) is 2.